The van der Waals surface area contributed by atoms with E-state index in [-0.39, 0.29) is 17.9 Å². The summed E-state index contributed by atoms with van der Waals surface area (Å²) in [6.07, 6.45) is 5.55. The van der Waals surface area contributed by atoms with Gasteiger partial charge in [0.15, 0.2) is 0 Å². The van der Waals surface area contributed by atoms with Crippen LogP contribution in [0.2, 0.25) is 0 Å². The largest absolute Gasteiger partial charge is 0.491 e. The Labute approximate surface area is 182 Å². The van der Waals surface area contributed by atoms with Gasteiger partial charge in [0.2, 0.25) is 5.91 Å². The summed E-state index contributed by atoms with van der Waals surface area (Å²) < 4.78 is 6.21. The minimum atomic E-state index is -0.00388. The number of hydrogen-bond donors (Lipinski definition) is 0. The van der Waals surface area contributed by atoms with Gasteiger partial charge in [-0.3, -0.25) is 9.59 Å². The molecule has 0 aliphatic carbocycles. The number of fused-ring (bicyclic) bond motifs is 1. The van der Waals surface area contributed by atoms with Crippen molar-refractivity contribution >= 4 is 11.8 Å². The Hall–Kier alpha value is -2.04. The fourth-order valence-corrected chi connectivity index (χ4v) is 4.05. The van der Waals surface area contributed by atoms with Gasteiger partial charge in [-0.05, 0) is 43.2 Å². The molecule has 0 saturated heterocycles. The van der Waals surface area contributed by atoms with Crippen molar-refractivity contribution in [2.45, 2.75) is 72.3 Å². The number of para-hydroxylation sites is 1. The summed E-state index contributed by atoms with van der Waals surface area (Å²) in [5.74, 6) is 1.61. The van der Waals surface area contributed by atoms with E-state index in [1.54, 1.807) is 4.90 Å². The van der Waals surface area contributed by atoms with Crippen LogP contribution in [0.4, 0.5) is 0 Å². The first-order valence-corrected chi connectivity index (χ1v) is 11.6. The first kappa shape index (κ1) is 24.2. The zero-order valence-electron chi connectivity index (χ0n) is 19.5. The Morgan fingerprint density at radius 3 is 2.37 bits per heavy atom. The first-order valence-electron chi connectivity index (χ1n) is 11.6. The Balaban J connectivity index is 2.31. The van der Waals surface area contributed by atoms with Crippen LogP contribution in [-0.4, -0.2) is 54.4 Å². The monoisotopic (exact) mass is 416 g/mol. The van der Waals surface area contributed by atoms with Crippen LogP contribution in [0.25, 0.3) is 0 Å². The van der Waals surface area contributed by atoms with Crippen molar-refractivity contribution in [3.63, 3.8) is 0 Å². The molecule has 0 bridgehead atoms. The predicted octanol–water partition coefficient (Wildman–Crippen LogP) is 5.00. The lowest BCUT2D eigenvalue weighted by atomic mass is 10.0. The maximum atomic E-state index is 13.1. The van der Waals surface area contributed by atoms with Crippen LogP contribution < -0.4 is 4.74 Å². The van der Waals surface area contributed by atoms with E-state index in [2.05, 4.69) is 32.6 Å². The van der Waals surface area contributed by atoms with Crippen LogP contribution in [-0.2, 0) is 4.79 Å². The molecule has 0 unspecified atom stereocenters. The summed E-state index contributed by atoms with van der Waals surface area (Å²) in [5, 5.41) is 0. The molecule has 1 aromatic carbocycles. The van der Waals surface area contributed by atoms with Gasteiger partial charge in [-0.2, -0.15) is 0 Å². The van der Waals surface area contributed by atoms with E-state index < -0.39 is 0 Å². The average molecular weight is 417 g/mol. The average Bonchev–Trinajstić information content (AvgIpc) is 2.68. The summed E-state index contributed by atoms with van der Waals surface area (Å²) in [5.41, 5.74) is 0.598. The SMILES string of the molecule is CC(C)CC(=O)N1CCCCCCN(C)C(=O)c2ccccc2OC[C@@H]1CC(C)C. The molecule has 5 nitrogen and oxygen atoms in total. The molecule has 0 N–H and O–H groups in total. The van der Waals surface area contributed by atoms with Gasteiger partial charge in [0.05, 0.1) is 11.6 Å². The van der Waals surface area contributed by atoms with Gasteiger partial charge in [0.25, 0.3) is 5.91 Å². The van der Waals surface area contributed by atoms with Gasteiger partial charge in [-0.25, -0.2) is 0 Å². The van der Waals surface area contributed by atoms with Gasteiger partial charge in [-0.15, -0.1) is 0 Å². The van der Waals surface area contributed by atoms with E-state index in [1.807, 2.05) is 31.3 Å². The molecule has 0 spiro atoms. The first-order chi connectivity index (χ1) is 14.3. The van der Waals surface area contributed by atoms with Crippen molar-refractivity contribution in [3.8, 4) is 5.75 Å². The smallest absolute Gasteiger partial charge is 0.257 e. The molecule has 5 heteroatoms. The Bertz CT molecular complexity index is 687. The van der Waals surface area contributed by atoms with E-state index in [4.69, 9.17) is 4.74 Å². The zero-order valence-corrected chi connectivity index (χ0v) is 19.5. The van der Waals surface area contributed by atoms with Crippen LogP contribution in [0.15, 0.2) is 24.3 Å². The summed E-state index contributed by atoms with van der Waals surface area (Å²) in [6, 6.07) is 7.48. The highest BCUT2D eigenvalue weighted by molar-refractivity contribution is 5.96. The fourth-order valence-electron chi connectivity index (χ4n) is 4.05. The third-order valence-electron chi connectivity index (χ3n) is 5.63. The molecular formula is C25H40N2O3. The molecule has 168 valence electrons. The van der Waals surface area contributed by atoms with Crippen LogP contribution in [0.3, 0.4) is 0 Å². The number of hydrogen-bond acceptors (Lipinski definition) is 3. The minimum Gasteiger partial charge on any atom is -0.491 e. The number of amides is 2. The molecule has 0 fully saturated rings. The van der Waals surface area contributed by atoms with Crippen molar-refractivity contribution in [1.82, 2.24) is 9.80 Å². The van der Waals surface area contributed by atoms with Gasteiger partial charge in [0.1, 0.15) is 12.4 Å². The fraction of sp³-hybridized carbons (Fsp3) is 0.680. The molecule has 1 aliphatic rings. The Kier molecular flexibility index (Phi) is 9.67. The van der Waals surface area contributed by atoms with Gasteiger partial charge in [0, 0.05) is 26.6 Å². The van der Waals surface area contributed by atoms with E-state index >= 15 is 0 Å². The number of ether oxygens (including phenoxy) is 1. The maximum absolute atomic E-state index is 13.1. The number of carbonyl (C=O) groups excluding carboxylic acids is 2. The number of nitrogens with zero attached hydrogens (tertiary/aromatic N) is 2. The molecule has 1 aliphatic heterocycles. The third-order valence-corrected chi connectivity index (χ3v) is 5.63. The molecule has 0 radical (unpaired) electrons. The highest BCUT2D eigenvalue weighted by atomic mass is 16.5. The molecule has 0 aromatic heterocycles. The summed E-state index contributed by atoms with van der Waals surface area (Å²) in [6.45, 7) is 10.5. The number of carbonyl (C=O) groups is 2. The lowest BCUT2D eigenvalue weighted by Crippen LogP contribution is -2.45. The second-order valence-corrected chi connectivity index (χ2v) is 9.42. The van der Waals surface area contributed by atoms with Crippen LogP contribution in [0.5, 0.6) is 5.75 Å². The molecular weight excluding hydrogens is 376 g/mol. The third kappa shape index (κ3) is 7.33. The zero-order chi connectivity index (χ0) is 22.1. The normalized spacial score (nSPS) is 19.4. The lowest BCUT2D eigenvalue weighted by Gasteiger charge is -2.34. The van der Waals surface area contributed by atoms with E-state index in [1.165, 1.54) is 0 Å². The summed E-state index contributed by atoms with van der Waals surface area (Å²) in [7, 11) is 1.86. The molecule has 1 heterocycles. The highest BCUT2D eigenvalue weighted by Gasteiger charge is 2.26. The summed E-state index contributed by atoms with van der Waals surface area (Å²) >= 11 is 0. The van der Waals surface area contributed by atoms with Crippen molar-refractivity contribution < 1.29 is 14.3 Å². The van der Waals surface area contributed by atoms with Crippen LogP contribution in [0.1, 0.15) is 76.6 Å². The second kappa shape index (κ2) is 12.0. The minimum absolute atomic E-state index is 0.00388. The molecule has 0 saturated carbocycles. The lowest BCUT2D eigenvalue weighted by molar-refractivity contribution is -0.135. The molecule has 1 aromatic rings. The van der Waals surface area contributed by atoms with Crippen molar-refractivity contribution in [2.75, 3.05) is 26.7 Å². The van der Waals surface area contributed by atoms with Crippen LogP contribution in [0, 0.1) is 11.8 Å². The Morgan fingerprint density at radius 1 is 1.03 bits per heavy atom. The quantitative estimate of drug-likeness (QED) is 0.694. The Morgan fingerprint density at radius 2 is 1.70 bits per heavy atom. The highest BCUT2D eigenvalue weighted by Crippen LogP contribution is 2.23. The van der Waals surface area contributed by atoms with Gasteiger partial charge in [-0.1, -0.05) is 52.7 Å². The van der Waals surface area contributed by atoms with Gasteiger partial charge >= 0.3 is 0 Å². The second-order valence-electron chi connectivity index (χ2n) is 9.42. The predicted molar refractivity (Wildman–Crippen MR) is 122 cm³/mol. The summed E-state index contributed by atoms with van der Waals surface area (Å²) in [4.78, 5) is 29.9. The van der Waals surface area contributed by atoms with Crippen LogP contribution >= 0.6 is 0 Å². The van der Waals surface area contributed by atoms with E-state index in [0.717, 1.165) is 45.2 Å². The molecule has 1 atom stereocenters. The maximum Gasteiger partial charge on any atom is 0.257 e. The van der Waals surface area contributed by atoms with Crippen molar-refractivity contribution in [2.24, 2.45) is 11.8 Å². The molecule has 30 heavy (non-hydrogen) atoms. The standard InChI is InChI=1S/C25H40N2O3/c1-19(2)16-21-18-30-23-13-9-8-12-22(23)25(29)26(5)14-10-6-7-11-15-27(21)24(28)17-20(3)4/h8-9,12-13,19-21H,6-7,10-11,14-18H2,1-5H3/t21-/m0/s1. The van der Waals surface area contributed by atoms with E-state index in [0.29, 0.717) is 36.2 Å². The van der Waals surface area contributed by atoms with Crippen molar-refractivity contribution in [3.05, 3.63) is 29.8 Å². The number of benzene rings is 1. The van der Waals surface area contributed by atoms with Crippen molar-refractivity contribution in [1.29, 1.82) is 0 Å². The molecule has 2 rings (SSSR count). The van der Waals surface area contributed by atoms with Gasteiger partial charge < -0.3 is 14.5 Å². The molecule has 2 amide bonds. The topological polar surface area (TPSA) is 49.9 Å². The van der Waals surface area contributed by atoms with E-state index in [9.17, 15) is 9.59 Å². The number of rotatable bonds is 4.